The van der Waals surface area contributed by atoms with Crippen LogP contribution in [0.15, 0.2) is 37.1 Å². The summed E-state index contributed by atoms with van der Waals surface area (Å²) >= 11 is 6.74. The van der Waals surface area contributed by atoms with Crippen molar-refractivity contribution in [1.82, 2.24) is 14.8 Å². The number of allylic oxidation sites excluding steroid dienone is 1. The second-order valence-corrected chi connectivity index (χ2v) is 9.15. The largest absolute Gasteiger partial charge is 0.355 e. The van der Waals surface area contributed by atoms with Crippen LogP contribution in [0.3, 0.4) is 0 Å². The Balaban J connectivity index is 1.56. The molecule has 166 valence electrons. The molecule has 4 rings (SSSR count). The minimum absolute atomic E-state index is 0.310. The number of nitrogens with two attached hydrogens (primary N) is 2. The summed E-state index contributed by atoms with van der Waals surface area (Å²) in [5.74, 6) is 0. The Labute approximate surface area is 190 Å². The maximum Gasteiger partial charge on any atom is 0.111 e. The number of fused-ring (bicyclic) bond motifs is 2. The van der Waals surface area contributed by atoms with E-state index in [1.54, 1.807) is 0 Å². The molecule has 0 bridgehead atoms. The van der Waals surface area contributed by atoms with Crippen LogP contribution < -0.4 is 11.5 Å². The number of nitrogens with zero attached hydrogens (tertiary/aromatic N) is 3. The highest BCUT2D eigenvalue weighted by atomic mass is 35.5. The molecule has 1 aromatic carbocycles. The maximum absolute atomic E-state index is 6.74. The minimum atomic E-state index is -0.351. The van der Waals surface area contributed by atoms with Crippen LogP contribution in [0.4, 0.5) is 0 Å². The third kappa shape index (κ3) is 4.19. The maximum atomic E-state index is 6.74. The van der Waals surface area contributed by atoms with Crippen molar-refractivity contribution in [3.05, 3.63) is 58.9 Å². The Morgan fingerprint density at radius 3 is 2.61 bits per heavy atom. The summed E-state index contributed by atoms with van der Waals surface area (Å²) in [6.07, 6.45) is 6.93. The zero-order valence-corrected chi connectivity index (χ0v) is 19.3. The van der Waals surface area contributed by atoms with E-state index >= 15 is 0 Å². The van der Waals surface area contributed by atoms with Gasteiger partial charge in [0.05, 0.1) is 10.5 Å². The van der Waals surface area contributed by atoms with Gasteiger partial charge in [0.25, 0.3) is 0 Å². The minimum Gasteiger partial charge on any atom is -0.355 e. The van der Waals surface area contributed by atoms with Crippen LogP contribution in [0.1, 0.15) is 55.8 Å². The zero-order valence-electron chi connectivity index (χ0n) is 18.5. The van der Waals surface area contributed by atoms with Gasteiger partial charge in [0.1, 0.15) is 12.3 Å². The second kappa shape index (κ2) is 9.19. The number of piperazine rings is 1. The fourth-order valence-corrected chi connectivity index (χ4v) is 5.17. The molecule has 0 radical (unpaired) electrons. The van der Waals surface area contributed by atoms with Crippen LogP contribution in [0, 0.1) is 0 Å². The predicted molar refractivity (Wildman–Crippen MR) is 130 cm³/mol. The van der Waals surface area contributed by atoms with E-state index in [2.05, 4.69) is 48.1 Å². The lowest BCUT2D eigenvalue weighted by atomic mass is 9.94. The topological polar surface area (TPSA) is 71.4 Å². The molecule has 0 saturated carbocycles. The average Bonchev–Trinajstić information content (AvgIpc) is 2.78. The number of benzene rings is 1. The second-order valence-electron chi connectivity index (χ2n) is 8.77. The van der Waals surface area contributed by atoms with E-state index in [0.717, 1.165) is 83.8 Å². The molecule has 4 N–H and O–H groups in total. The van der Waals surface area contributed by atoms with Crippen LogP contribution in [-0.4, -0.2) is 40.2 Å². The van der Waals surface area contributed by atoms with E-state index in [0.29, 0.717) is 0 Å². The summed E-state index contributed by atoms with van der Waals surface area (Å²) < 4.78 is 0. The third-order valence-corrected chi connectivity index (χ3v) is 7.18. The van der Waals surface area contributed by atoms with Crippen molar-refractivity contribution in [1.29, 1.82) is 0 Å². The predicted octanol–water partition coefficient (Wildman–Crippen LogP) is 4.63. The summed E-state index contributed by atoms with van der Waals surface area (Å²) in [5.41, 5.74) is 19.3. The van der Waals surface area contributed by atoms with Gasteiger partial charge >= 0.3 is 0 Å². The molecular formula is C25H34ClN5. The van der Waals surface area contributed by atoms with Crippen molar-refractivity contribution in [2.75, 3.05) is 13.1 Å². The summed E-state index contributed by atoms with van der Waals surface area (Å²) in [4.78, 5) is 9.20. The van der Waals surface area contributed by atoms with E-state index in [-0.39, 0.29) is 12.3 Å². The summed E-state index contributed by atoms with van der Waals surface area (Å²) in [5, 5.41) is 1.87. The van der Waals surface area contributed by atoms with Crippen LogP contribution in [0.2, 0.25) is 5.02 Å². The molecule has 2 aromatic rings. The zero-order chi connectivity index (χ0) is 22.1. The Kier molecular flexibility index (Phi) is 6.56. The molecule has 6 heteroatoms. The van der Waals surface area contributed by atoms with Gasteiger partial charge in [-0.15, -0.1) is 0 Å². The van der Waals surface area contributed by atoms with Crippen LogP contribution in [0.5, 0.6) is 0 Å². The number of rotatable bonds is 6. The van der Waals surface area contributed by atoms with E-state index in [4.69, 9.17) is 28.1 Å². The number of pyridine rings is 1. The van der Waals surface area contributed by atoms with Crippen molar-refractivity contribution < 1.29 is 0 Å². The SMILES string of the molecule is C=C(CCCC)N1CCN(C(=C)c2ccc3c(Cl)c4c(nc3c2)CCCC4)C(N)C1N. The quantitative estimate of drug-likeness (QED) is 0.686. The van der Waals surface area contributed by atoms with E-state index in [1.165, 1.54) is 18.4 Å². The number of hydrogen-bond acceptors (Lipinski definition) is 5. The van der Waals surface area contributed by atoms with E-state index in [1.807, 2.05) is 0 Å². The van der Waals surface area contributed by atoms with Crippen LogP contribution >= 0.6 is 11.6 Å². The van der Waals surface area contributed by atoms with Crippen LogP contribution in [0.25, 0.3) is 16.6 Å². The monoisotopic (exact) mass is 439 g/mol. The first-order chi connectivity index (χ1) is 14.9. The van der Waals surface area contributed by atoms with Gasteiger partial charge in [0, 0.05) is 35.6 Å². The highest BCUT2D eigenvalue weighted by molar-refractivity contribution is 6.36. The Bertz CT molecular complexity index is 1000. The first-order valence-electron chi connectivity index (χ1n) is 11.4. The fraction of sp³-hybridized carbons (Fsp3) is 0.480. The number of halogens is 1. The first kappa shape index (κ1) is 22.1. The molecule has 0 amide bonds. The van der Waals surface area contributed by atoms with E-state index in [9.17, 15) is 0 Å². The number of unbranched alkanes of at least 4 members (excludes halogenated alkanes) is 1. The van der Waals surface area contributed by atoms with Crippen molar-refractivity contribution >= 4 is 28.2 Å². The van der Waals surface area contributed by atoms with Gasteiger partial charge in [-0.05, 0) is 55.7 Å². The molecule has 1 aromatic heterocycles. The normalized spacial score (nSPS) is 21.3. The Morgan fingerprint density at radius 1 is 1.13 bits per heavy atom. The Hall–Kier alpha value is -2.08. The lowest BCUT2D eigenvalue weighted by Crippen LogP contribution is -2.65. The standard InChI is InChI=1S/C25H34ClN5/c1-4-5-8-16(2)30-13-14-31(25(28)24(30)27)17(3)18-11-12-20-22(15-18)29-21-10-7-6-9-19(21)23(20)26/h11-12,15,24-25H,2-10,13-14,27-28H2,1H3. The molecule has 1 fully saturated rings. The molecule has 1 saturated heterocycles. The van der Waals surface area contributed by atoms with Crippen molar-refractivity contribution in [3.63, 3.8) is 0 Å². The van der Waals surface area contributed by atoms with Gasteiger partial charge in [0.15, 0.2) is 0 Å². The molecule has 2 aliphatic rings. The van der Waals surface area contributed by atoms with Gasteiger partial charge in [-0.2, -0.15) is 0 Å². The molecule has 2 unspecified atom stereocenters. The molecule has 0 spiro atoms. The highest BCUT2D eigenvalue weighted by Gasteiger charge is 2.33. The average molecular weight is 440 g/mol. The van der Waals surface area contributed by atoms with Gasteiger partial charge in [-0.25, -0.2) is 0 Å². The molecule has 1 aliphatic carbocycles. The van der Waals surface area contributed by atoms with E-state index < -0.39 is 0 Å². The molecule has 5 nitrogen and oxygen atoms in total. The fourth-order valence-electron chi connectivity index (χ4n) is 4.80. The smallest absolute Gasteiger partial charge is 0.111 e. The van der Waals surface area contributed by atoms with Crippen LogP contribution in [-0.2, 0) is 12.8 Å². The summed E-state index contributed by atoms with van der Waals surface area (Å²) in [6.45, 7) is 12.3. The third-order valence-electron chi connectivity index (χ3n) is 6.75. The molecule has 31 heavy (non-hydrogen) atoms. The number of hydrogen-bond donors (Lipinski definition) is 2. The first-order valence-corrected chi connectivity index (χ1v) is 11.8. The molecule has 1 aliphatic heterocycles. The van der Waals surface area contributed by atoms with Gasteiger partial charge < -0.3 is 21.3 Å². The van der Waals surface area contributed by atoms with Gasteiger partial charge in [-0.3, -0.25) is 4.98 Å². The summed E-state index contributed by atoms with van der Waals surface area (Å²) in [6, 6.07) is 6.22. The highest BCUT2D eigenvalue weighted by Crippen LogP contribution is 2.34. The lowest BCUT2D eigenvalue weighted by Gasteiger charge is -2.47. The molecular weight excluding hydrogens is 406 g/mol. The Morgan fingerprint density at radius 2 is 1.84 bits per heavy atom. The number of aromatic nitrogens is 1. The summed E-state index contributed by atoms with van der Waals surface area (Å²) in [7, 11) is 0. The van der Waals surface area contributed by atoms with Crippen molar-refractivity contribution in [2.45, 2.75) is 64.2 Å². The lowest BCUT2D eigenvalue weighted by molar-refractivity contribution is 0.0837. The van der Waals surface area contributed by atoms with Crippen molar-refractivity contribution in [2.24, 2.45) is 11.5 Å². The van der Waals surface area contributed by atoms with Crippen molar-refractivity contribution in [3.8, 4) is 0 Å². The van der Waals surface area contributed by atoms with Gasteiger partial charge in [-0.1, -0.05) is 50.2 Å². The van der Waals surface area contributed by atoms with Gasteiger partial charge in [0.2, 0.25) is 0 Å². The number of aryl methyl sites for hydroxylation is 1. The molecule has 2 heterocycles. The molecule has 2 atom stereocenters.